The van der Waals surface area contributed by atoms with E-state index in [9.17, 15) is 31.9 Å². The molecule has 0 spiro atoms. The van der Waals surface area contributed by atoms with Crippen molar-refractivity contribution in [1.82, 2.24) is 4.98 Å². The summed E-state index contributed by atoms with van der Waals surface area (Å²) >= 11 is 0. The van der Waals surface area contributed by atoms with Gasteiger partial charge in [-0.05, 0) is 0 Å². The highest BCUT2D eigenvalue weighted by atomic mass is 19.4. The second kappa shape index (κ2) is 5.24. The lowest BCUT2D eigenvalue weighted by molar-refractivity contribution is -0.276. The monoisotopic (exact) mass is 287 g/mol. The number of rotatable bonds is 4. The lowest BCUT2D eigenvalue weighted by atomic mass is 10.1. The minimum atomic E-state index is -5.18. The van der Waals surface area contributed by atoms with E-state index >= 15 is 0 Å². The van der Waals surface area contributed by atoms with Crippen LogP contribution in [0.4, 0.5) is 22.0 Å². The molecule has 0 fully saturated rings. The molecule has 0 aromatic carbocycles. The quantitative estimate of drug-likeness (QED) is 0.830. The van der Waals surface area contributed by atoms with Crippen LogP contribution in [0.5, 0.6) is 11.6 Å². The Morgan fingerprint density at radius 1 is 1.42 bits per heavy atom. The predicted octanol–water partition coefficient (Wildman–Crippen LogP) is 2.25. The highest BCUT2D eigenvalue weighted by molar-refractivity contribution is 5.71. The number of aromatic hydroxyl groups is 1. The first-order valence-corrected chi connectivity index (χ1v) is 4.58. The first-order chi connectivity index (χ1) is 8.60. The van der Waals surface area contributed by atoms with Crippen LogP contribution in [-0.2, 0) is 11.2 Å². The van der Waals surface area contributed by atoms with Gasteiger partial charge in [-0.2, -0.15) is 0 Å². The Labute approximate surface area is 102 Å². The van der Waals surface area contributed by atoms with Crippen LogP contribution in [0, 0.1) is 0 Å². The average Bonchev–Trinajstić information content (AvgIpc) is 2.19. The van der Waals surface area contributed by atoms with Gasteiger partial charge in [-0.3, -0.25) is 4.79 Å². The van der Waals surface area contributed by atoms with Crippen LogP contribution in [0.3, 0.4) is 0 Å². The molecule has 0 aliphatic heterocycles. The number of carboxylic acids is 1. The van der Waals surface area contributed by atoms with Gasteiger partial charge < -0.3 is 14.9 Å². The Hall–Kier alpha value is -2.13. The molecule has 0 unspecified atom stereocenters. The van der Waals surface area contributed by atoms with Gasteiger partial charge in [0.2, 0.25) is 5.88 Å². The predicted molar refractivity (Wildman–Crippen MR) is 48.9 cm³/mol. The summed E-state index contributed by atoms with van der Waals surface area (Å²) in [6.07, 6.45) is -9.52. The minimum absolute atomic E-state index is 0.193. The van der Waals surface area contributed by atoms with Crippen LogP contribution in [0.2, 0.25) is 0 Å². The molecule has 2 N–H and O–H groups in total. The zero-order chi connectivity index (χ0) is 14.8. The number of ether oxygens (including phenoxy) is 1. The molecule has 0 radical (unpaired) electrons. The number of hydrogen-bond donors (Lipinski definition) is 2. The summed E-state index contributed by atoms with van der Waals surface area (Å²) < 4.78 is 64.1. The molecule has 1 aromatic heterocycles. The Morgan fingerprint density at radius 3 is 2.42 bits per heavy atom. The molecule has 1 heterocycles. The zero-order valence-corrected chi connectivity index (χ0v) is 8.91. The highest BCUT2D eigenvalue weighted by Gasteiger charge is 2.33. The first-order valence-electron chi connectivity index (χ1n) is 4.58. The Balaban J connectivity index is 3.26. The lowest BCUT2D eigenvalue weighted by Crippen LogP contribution is -2.19. The summed E-state index contributed by atoms with van der Waals surface area (Å²) in [5.41, 5.74) is -2.03. The van der Waals surface area contributed by atoms with E-state index in [1.807, 2.05) is 0 Å². The van der Waals surface area contributed by atoms with Gasteiger partial charge in [0.15, 0.2) is 0 Å². The number of nitrogens with zero attached hydrogens (tertiary/aromatic N) is 1. The maximum absolute atomic E-state index is 12.5. The van der Waals surface area contributed by atoms with E-state index in [1.165, 1.54) is 0 Å². The molecule has 0 saturated heterocycles. The van der Waals surface area contributed by atoms with Crippen molar-refractivity contribution in [2.24, 2.45) is 0 Å². The average molecular weight is 287 g/mol. The maximum Gasteiger partial charge on any atom is 0.574 e. The van der Waals surface area contributed by atoms with E-state index in [0.29, 0.717) is 0 Å². The number of carboxylic acid groups (broad SMARTS) is 1. The Bertz CT molecular complexity index is 488. The second-order valence-corrected chi connectivity index (χ2v) is 3.26. The van der Waals surface area contributed by atoms with Crippen molar-refractivity contribution in [3.63, 3.8) is 0 Å². The Morgan fingerprint density at radius 2 is 2.00 bits per heavy atom. The topological polar surface area (TPSA) is 79.7 Å². The number of hydrogen-bond acceptors (Lipinski definition) is 4. The molecular weight excluding hydrogens is 281 g/mol. The summed E-state index contributed by atoms with van der Waals surface area (Å²) in [4.78, 5) is 13.4. The second-order valence-electron chi connectivity index (χ2n) is 3.26. The van der Waals surface area contributed by atoms with Gasteiger partial charge in [-0.1, -0.05) is 0 Å². The lowest BCUT2D eigenvalue weighted by Gasteiger charge is -2.12. The molecule has 1 rings (SSSR count). The largest absolute Gasteiger partial charge is 0.574 e. The van der Waals surface area contributed by atoms with Crippen molar-refractivity contribution in [2.45, 2.75) is 19.2 Å². The smallest absolute Gasteiger partial charge is 0.506 e. The fourth-order valence-electron chi connectivity index (χ4n) is 1.19. The number of alkyl halides is 5. The van der Waals surface area contributed by atoms with Crippen molar-refractivity contribution in [3.05, 3.63) is 17.3 Å². The van der Waals surface area contributed by atoms with Crippen LogP contribution >= 0.6 is 0 Å². The summed E-state index contributed by atoms with van der Waals surface area (Å²) in [6, 6.07) is 0.193. The van der Waals surface area contributed by atoms with Gasteiger partial charge in [0, 0.05) is 6.07 Å². The molecule has 10 heteroatoms. The molecular formula is C9H6F5NO4. The van der Waals surface area contributed by atoms with Gasteiger partial charge in [0.1, 0.15) is 5.75 Å². The number of carbonyl (C=O) groups is 1. The highest BCUT2D eigenvalue weighted by Crippen LogP contribution is 2.34. The van der Waals surface area contributed by atoms with Crippen molar-refractivity contribution in [2.75, 3.05) is 0 Å². The van der Waals surface area contributed by atoms with Crippen molar-refractivity contribution in [3.8, 4) is 11.6 Å². The molecule has 0 atom stereocenters. The normalized spacial score (nSPS) is 11.7. The number of halogens is 5. The molecule has 0 bridgehead atoms. The first kappa shape index (κ1) is 14.9. The number of aromatic nitrogens is 1. The standard InChI is InChI=1S/C9H6F5NO4/c10-8(11)3-1-5(19-9(12,13)14)15-4(7(3)18)2-6(16)17/h1,8,18H,2H2,(H,16,17). The van der Waals surface area contributed by atoms with Crippen LogP contribution in [0.25, 0.3) is 0 Å². The van der Waals surface area contributed by atoms with Crippen LogP contribution in [0.1, 0.15) is 17.7 Å². The summed E-state index contributed by atoms with van der Waals surface area (Å²) in [6.45, 7) is 0. The molecule has 1 aromatic rings. The third kappa shape index (κ3) is 4.23. The van der Waals surface area contributed by atoms with Crippen molar-refractivity contribution < 1.29 is 41.7 Å². The molecule has 0 saturated carbocycles. The van der Waals surface area contributed by atoms with E-state index < -0.39 is 48.1 Å². The third-order valence-electron chi connectivity index (χ3n) is 1.84. The SMILES string of the molecule is O=C(O)Cc1nc(OC(F)(F)F)cc(C(F)F)c1O. The van der Waals surface area contributed by atoms with E-state index in [4.69, 9.17) is 5.11 Å². The van der Waals surface area contributed by atoms with Gasteiger partial charge in [0.05, 0.1) is 17.7 Å². The van der Waals surface area contributed by atoms with Crippen LogP contribution < -0.4 is 4.74 Å². The summed E-state index contributed by atoms with van der Waals surface area (Å²) in [7, 11) is 0. The number of aliphatic carboxylic acids is 1. The van der Waals surface area contributed by atoms with Gasteiger partial charge in [0.25, 0.3) is 6.43 Å². The van der Waals surface area contributed by atoms with Crippen molar-refractivity contribution in [1.29, 1.82) is 0 Å². The van der Waals surface area contributed by atoms with Gasteiger partial charge in [-0.15, -0.1) is 13.2 Å². The molecule has 0 aliphatic rings. The van der Waals surface area contributed by atoms with Crippen LogP contribution in [-0.4, -0.2) is 27.5 Å². The molecule has 5 nitrogen and oxygen atoms in total. The molecule has 0 amide bonds. The van der Waals surface area contributed by atoms with Crippen LogP contribution in [0.15, 0.2) is 6.07 Å². The summed E-state index contributed by atoms with van der Waals surface area (Å²) in [5.74, 6) is -4.00. The summed E-state index contributed by atoms with van der Waals surface area (Å²) in [5, 5.41) is 17.7. The van der Waals surface area contributed by atoms with E-state index in [1.54, 1.807) is 0 Å². The maximum atomic E-state index is 12.5. The van der Waals surface area contributed by atoms with Crippen molar-refractivity contribution >= 4 is 5.97 Å². The molecule has 106 valence electrons. The molecule has 0 aliphatic carbocycles. The fraction of sp³-hybridized carbons (Fsp3) is 0.333. The van der Waals surface area contributed by atoms with Gasteiger partial charge in [-0.25, -0.2) is 13.8 Å². The molecule has 19 heavy (non-hydrogen) atoms. The number of pyridine rings is 1. The van der Waals surface area contributed by atoms with Gasteiger partial charge >= 0.3 is 12.3 Å². The minimum Gasteiger partial charge on any atom is -0.506 e. The third-order valence-corrected chi connectivity index (χ3v) is 1.84. The van der Waals surface area contributed by atoms with E-state index in [2.05, 4.69) is 9.72 Å². The van der Waals surface area contributed by atoms with E-state index in [-0.39, 0.29) is 6.07 Å². The zero-order valence-electron chi connectivity index (χ0n) is 8.91. The fourth-order valence-corrected chi connectivity index (χ4v) is 1.19. The van der Waals surface area contributed by atoms with E-state index in [0.717, 1.165) is 0 Å². The Kier molecular flexibility index (Phi) is 4.12.